The van der Waals surface area contributed by atoms with Crippen molar-refractivity contribution in [2.75, 3.05) is 6.61 Å². The molecule has 0 aliphatic heterocycles. The molecular weight excluding hydrogens is 435 g/mol. The summed E-state index contributed by atoms with van der Waals surface area (Å²) in [4.78, 5) is 17.4. The standard InChI is InChI=1S/C27H21FN2O2S/c1-2-32-27(31)25-22-8-4-6-10-24(22)33-26(25)29-15-19-17-30(23-9-5-3-7-21(19)23)16-18-11-13-20(28)14-12-18/h3-15,17H,2,16H2,1H3. The zero-order valence-electron chi connectivity index (χ0n) is 18.0. The number of aromatic nitrogens is 1. The first-order valence-corrected chi connectivity index (χ1v) is 11.5. The van der Waals surface area contributed by atoms with E-state index in [0.717, 1.165) is 32.1 Å². The molecule has 164 valence electrons. The van der Waals surface area contributed by atoms with Crippen molar-refractivity contribution in [2.45, 2.75) is 13.5 Å². The van der Waals surface area contributed by atoms with Crippen molar-refractivity contribution >= 4 is 49.5 Å². The lowest BCUT2D eigenvalue weighted by Gasteiger charge is -2.05. The summed E-state index contributed by atoms with van der Waals surface area (Å²) >= 11 is 1.47. The molecule has 0 bridgehead atoms. The quantitative estimate of drug-likeness (QED) is 0.205. The average Bonchev–Trinajstić information content (AvgIpc) is 3.37. The minimum absolute atomic E-state index is 0.246. The predicted molar refractivity (Wildman–Crippen MR) is 132 cm³/mol. The Morgan fingerprint density at radius 3 is 2.55 bits per heavy atom. The number of para-hydroxylation sites is 1. The van der Waals surface area contributed by atoms with Gasteiger partial charge < -0.3 is 9.30 Å². The zero-order chi connectivity index (χ0) is 22.8. The summed E-state index contributed by atoms with van der Waals surface area (Å²) in [7, 11) is 0. The van der Waals surface area contributed by atoms with Gasteiger partial charge in [0.05, 0.1) is 6.61 Å². The third-order valence-electron chi connectivity index (χ3n) is 5.46. The molecule has 5 aromatic rings. The number of fused-ring (bicyclic) bond motifs is 2. The van der Waals surface area contributed by atoms with Crippen LogP contribution in [0.15, 0.2) is 84.0 Å². The lowest BCUT2D eigenvalue weighted by Crippen LogP contribution is -2.03. The Bertz CT molecular complexity index is 1480. The van der Waals surface area contributed by atoms with Crippen molar-refractivity contribution in [3.8, 4) is 0 Å². The van der Waals surface area contributed by atoms with Gasteiger partial charge in [-0.2, -0.15) is 0 Å². The number of benzene rings is 3. The zero-order valence-corrected chi connectivity index (χ0v) is 18.8. The Balaban J connectivity index is 1.55. The molecule has 0 aliphatic carbocycles. The molecule has 2 heterocycles. The first kappa shape index (κ1) is 21.1. The number of esters is 1. The van der Waals surface area contributed by atoms with E-state index in [9.17, 15) is 9.18 Å². The van der Waals surface area contributed by atoms with Gasteiger partial charge in [0, 0.05) is 45.5 Å². The van der Waals surface area contributed by atoms with Gasteiger partial charge in [-0.3, -0.25) is 0 Å². The largest absolute Gasteiger partial charge is 0.462 e. The monoisotopic (exact) mass is 456 g/mol. The average molecular weight is 457 g/mol. The third kappa shape index (κ3) is 4.17. The van der Waals surface area contributed by atoms with Crippen LogP contribution in [0.5, 0.6) is 0 Å². The van der Waals surface area contributed by atoms with Crippen LogP contribution < -0.4 is 0 Å². The van der Waals surface area contributed by atoms with Gasteiger partial charge in [0.1, 0.15) is 16.4 Å². The number of carbonyl (C=O) groups is 1. The highest BCUT2D eigenvalue weighted by Crippen LogP contribution is 2.38. The number of halogens is 1. The second kappa shape index (κ2) is 9.00. The van der Waals surface area contributed by atoms with Crippen molar-refractivity contribution in [2.24, 2.45) is 4.99 Å². The van der Waals surface area contributed by atoms with Gasteiger partial charge in [-0.15, -0.1) is 11.3 Å². The van der Waals surface area contributed by atoms with E-state index in [0.29, 0.717) is 23.7 Å². The third-order valence-corrected chi connectivity index (χ3v) is 6.54. The molecule has 6 heteroatoms. The molecule has 0 radical (unpaired) electrons. The number of carbonyl (C=O) groups excluding carboxylic acids is 1. The number of thiophene rings is 1. The van der Waals surface area contributed by atoms with E-state index in [2.05, 4.69) is 16.7 Å². The topological polar surface area (TPSA) is 43.6 Å². The van der Waals surface area contributed by atoms with Crippen molar-refractivity contribution < 1.29 is 13.9 Å². The SMILES string of the molecule is CCOC(=O)c1c(N=Cc2cn(Cc3ccc(F)cc3)c3ccccc23)sc2ccccc12. The van der Waals surface area contributed by atoms with Crippen LogP contribution >= 0.6 is 11.3 Å². The van der Waals surface area contributed by atoms with Gasteiger partial charge >= 0.3 is 5.97 Å². The summed E-state index contributed by atoms with van der Waals surface area (Å²) < 4.78 is 21.7. The predicted octanol–water partition coefficient (Wildman–Crippen LogP) is 6.97. The van der Waals surface area contributed by atoms with Crippen molar-refractivity contribution in [1.29, 1.82) is 0 Å². The molecular formula is C27H21FN2O2S. The van der Waals surface area contributed by atoms with E-state index < -0.39 is 0 Å². The van der Waals surface area contributed by atoms with Gasteiger partial charge in [0.25, 0.3) is 0 Å². The van der Waals surface area contributed by atoms with Gasteiger partial charge in [-0.05, 0) is 36.8 Å². The molecule has 5 rings (SSSR count). The van der Waals surface area contributed by atoms with Crippen LogP contribution in [0.25, 0.3) is 21.0 Å². The lowest BCUT2D eigenvalue weighted by molar-refractivity contribution is 0.0530. The molecule has 0 unspecified atom stereocenters. The van der Waals surface area contributed by atoms with Crippen LogP contribution in [0.1, 0.15) is 28.4 Å². The molecule has 0 amide bonds. The van der Waals surface area contributed by atoms with Crippen LogP contribution in [-0.2, 0) is 11.3 Å². The molecule has 0 aliphatic rings. The number of nitrogens with zero attached hydrogens (tertiary/aromatic N) is 2. The van der Waals surface area contributed by atoms with Crippen LogP contribution in [0.3, 0.4) is 0 Å². The minimum atomic E-state index is -0.360. The second-order valence-electron chi connectivity index (χ2n) is 7.61. The fourth-order valence-electron chi connectivity index (χ4n) is 3.95. The number of hydrogen-bond donors (Lipinski definition) is 0. The highest BCUT2D eigenvalue weighted by molar-refractivity contribution is 7.23. The molecule has 33 heavy (non-hydrogen) atoms. The van der Waals surface area contributed by atoms with Crippen LogP contribution in [0.2, 0.25) is 0 Å². The maximum atomic E-state index is 13.3. The second-order valence-corrected chi connectivity index (χ2v) is 8.64. The van der Waals surface area contributed by atoms with E-state index in [1.54, 1.807) is 25.3 Å². The van der Waals surface area contributed by atoms with Gasteiger partial charge in [0.15, 0.2) is 0 Å². The van der Waals surface area contributed by atoms with Crippen molar-refractivity contribution in [1.82, 2.24) is 4.57 Å². The van der Waals surface area contributed by atoms with E-state index >= 15 is 0 Å². The molecule has 0 N–H and O–H groups in total. The molecule has 3 aromatic carbocycles. The number of rotatable bonds is 6. The normalized spacial score (nSPS) is 11.6. The first-order chi connectivity index (χ1) is 16.1. The lowest BCUT2D eigenvalue weighted by atomic mass is 10.1. The van der Waals surface area contributed by atoms with Crippen LogP contribution in [0, 0.1) is 5.82 Å². The van der Waals surface area contributed by atoms with Crippen molar-refractivity contribution in [3.05, 3.63) is 102 Å². The first-order valence-electron chi connectivity index (χ1n) is 10.7. The van der Waals surface area contributed by atoms with Gasteiger partial charge in [-0.25, -0.2) is 14.2 Å². The maximum absolute atomic E-state index is 13.3. The van der Waals surface area contributed by atoms with Crippen molar-refractivity contribution in [3.63, 3.8) is 0 Å². The fraction of sp³-hybridized carbons (Fsp3) is 0.111. The summed E-state index contributed by atoms with van der Waals surface area (Å²) in [6.45, 7) is 2.72. The Hall–Kier alpha value is -3.77. The van der Waals surface area contributed by atoms with Crippen LogP contribution in [0.4, 0.5) is 9.39 Å². The van der Waals surface area contributed by atoms with E-state index in [-0.39, 0.29) is 11.8 Å². The van der Waals surface area contributed by atoms with E-state index in [4.69, 9.17) is 9.73 Å². The number of aliphatic imine (C=N–C) groups is 1. The van der Waals surface area contributed by atoms with E-state index in [1.807, 2.05) is 42.6 Å². The highest BCUT2D eigenvalue weighted by Gasteiger charge is 2.19. The summed E-state index contributed by atoms with van der Waals surface area (Å²) in [6, 6.07) is 22.4. The molecule has 0 atom stereocenters. The summed E-state index contributed by atoms with van der Waals surface area (Å²) in [5.74, 6) is -0.606. The smallest absolute Gasteiger partial charge is 0.341 e. The number of ether oxygens (including phenoxy) is 1. The Labute approximate surface area is 194 Å². The highest BCUT2D eigenvalue weighted by atomic mass is 32.1. The molecule has 0 saturated heterocycles. The molecule has 2 aromatic heterocycles. The molecule has 4 nitrogen and oxygen atoms in total. The molecule has 0 saturated carbocycles. The van der Waals surface area contributed by atoms with Gasteiger partial charge in [-0.1, -0.05) is 48.5 Å². The Morgan fingerprint density at radius 1 is 1.03 bits per heavy atom. The van der Waals surface area contributed by atoms with Gasteiger partial charge in [0.2, 0.25) is 0 Å². The van der Waals surface area contributed by atoms with Crippen LogP contribution in [-0.4, -0.2) is 23.4 Å². The minimum Gasteiger partial charge on any atom is -0.462 e. The number of hydrogen-bond acceptors (Lipinski definition) is 4. The fourth-order valence-corrected chi connectivity index (χ4v) is 4.98. The molecule has 0 spiro atoms. The Morgan fingerprint density at radius 2 is 1.76 bits per heavy atom. The summed E-state index contributed by atoms with van der Waals surface area (Å²) in [5.41, 5.74) is 3.52. The molecule has 0 fully saturated rings. The Kier molecular flexibility index (Phi) is 5.75. The summed E-state index contributed by atoms with van der Waals surface area (Å²) in [5, 5.41) is 2.54. The maximum Gasteiger partial charge on any atom is 0.341 e. The summed E-state index contributed by atoms with van der Waals surface area (Å²) in [6.07, 6.45) is 3.84. The van der Waals surface area contributed by atoms with E-state index in [1.165, 1.54) is 23.5 Å².